The largest absolute Gasteiger partial charge is 0.354 e. The predicted octanol–water partition coefficient (Wildman–Crippen LogP) is 5.80. The SMILES string of the molecule is CC(C(=O)Nc1cccnc1)N1C(=O)c2ccccc2C1c1c(-c2ccccc2)[nH]c2ccccc12. The summed E-state index contributed by atoms with van der Waals surface area (Å²) in [6.07, 6.45) is 3.24. The maximum absolute atomic E-state index is 13.8. The summed E-state index contributed by atoms with van der Waals surface area (Å²) in [7, 11) is 0. The molecule has 0 spiro atoms. The Morgan fingerprint density at radius 1 is 0.944 bits per heavy atom. The number of benzene rings is 3. The number of carbonyl (C=O) groups excluding carboxylic acids is 2. The van der Waals surface area contributed by atoms with E-state index in [9.17, 15) is 9.59 Å². The van der Waals surface area contributed by atoms with Crippen LogP contribution in [0.5, 0.6) is 0 Å². The Morgan fingerprint density at radius 2 is 1.69 bits per heavy atom. The molecular formula is C30H24N4O2. The van der Waals surface area contributed by atoms with Gasteiger partial charge in [-0.3, -0.25) is 14.6 Å². The zero-order valence-corrected chi connectivity index (χ0v) is 19.7. The molecule has 5 aromatic rings. The van der Waals surface area contributed by atoms with E-state index in [1.54, 1.807) is 36.4 Å². The third-order valence-electron chi connectivity index (χ3n) is 6.81. The quantitative estimate of drug-likeness (QED) is 0.339. The number of aromatic amines is 1. The minimum atomic E-state index is -0.729. The molecule has 0 radical (unpaired) electrons. The summed E-state index contributed by atoms with van der Waals surface area (Å²) < 4.78 is 0. The molecule has 176 valence electrons. The van der Waals surface area contributed by atoms with Crippen LogP contribution in [-0.4, -0.2) is 32.7 Å². The lowest BCUT2D eigenvalue weighted by Gasteiger charge is -2.31. The van der Waals surface area contributed by atoms with E-state index >= 15 is 0 Å². The Bertz CT molecular complexity index is 1580. The lowest BCUT2D eigenvalue weighted by atomic mass is 9.92. The number of H-pyrrole nitrogens is 1. The average Bonchev–Trinajstić information content (AvgIpc) is 3.44. The number of hydrogen-bond acceptors (Lipinski definition) is 3. The van der Waals surface area contributed by atoms with Gasteiger partial charge in [0, 0.05) is 28.2 Å². The molecule has 0 bridgehead atoms. The molecule has 36 heavy (non-hydrogen) atoms. The van der Waals surface area contributed by atoms with Crippen LogP contribution in [0.2, 0.25) is 0 Å². The molecule has 2 amide bonds. The number of hydrogen-bond donors (Lipinski definition) is 2. The monoisotopic (exact) mass is 472 g/mol. The van der Waals surface area contributed by atoms with Gasteiger partial charge in [-0.25, -0.2) is 0 Å². The number of aromatic nitrogens is 2. The van der Waals surface area contributed by atoms with Gasteiger partial charge in [-0.1, -0.05) is 66.7 Å². The highest BCUT2D eigenvalue weighted by Gasteiger charge is 2.44. The normalized spacial score (nSPS) is 15.6. The number of rotatable bonds is 5. The second kappa shape index (κ2) is 8.82. The van der Waals surface area contributed by atoms with Crippen molar-refractivity contribution < 1.29 is 9.59 Å². The number of nitrogens with zero attached hydrogens (tertiary/aromatic N) is 2. The van der Waals surface area contributed by atoms with Crippen LogP contribution in [0.25, 0.3) is 22.2 Å². The van der Waals surface area contributed by atoms with Gasteiger partial charge in [0.25, 0.3) is 5.91 Å². The highest BCUT2D eigenvalue weighted by Crippen LogP contribution is 2.46. The van der Waals surface area contributed by atoms with E-state index in [-0.39, 0.29) is 11.8 Å². The highest BCUT2D eigenvalue weighted by molar-refractivity contribution is 6.06. The van der Waals surface area contributed by atoms with Crippen molar-refractivity contribution in [2.24, 2.45) is 0 Å². The van der Waals surface area contributed by atoms with E-state index < -0.39 is 12.1 Å². The van der Waals surface area contributed by atoms with Gasteiger partial charge in [-0.05, 0) is 42.3 Å². The van der Waals surface area contributed by atoms with Crippen molar-refractivity contribution in [1.82, 2.24) is 14.9 Å². The topological polar surface area (TPSA) is 78.1 Å². The second-order valence-corrected chi connectivity index (χ2v) is 8.93. The molecular weight excluding hydrogens is 448 g/mol. The molecule has 1 aliphatic heterocycles. The van der Waals surface area contributed by atoms with E-state index in [1.165, 1.54) is 0 Å². The van der Waals surface area contributed by atoms with Crippen molar-refractivity contribution in [3.8, 4) is 11.3 Å². The minimum absolute atomic E-state index is 0.159. The molecule has 6 heteroatoms. The highest BCUT2D eigenvalue weighted by atomic mass is 16.2. The van der Waals surface area contributed by atoms with Crippen LogP contribution >= 0.6 is 0 Å². The Kier molecular flexibility index (Phi) is 5.34. The van der Waals surface area contributed by atoms with E-state index in [1.807, 2.05) is 60.7 Å². The van der Waals surface area contributed by atoms with E-state index in [4.69, 9.17) is 0 Å². The number of pyridine rings is 1. The molecule has 1 aliphatic rings. The smallest absolute Gasteiger partial charge is 0.255 e. The zero-order valence-electron chi connectivity index (χ0n) is 19.7. The molecule has 0 saturated heterocycles. The molecule has 0 saturated carbocycles. The molecule has 0 fully saturated rings. The van der Waals surface area contributed by atoms with Crippen LogP contribution in [0.15, 0.2) is 103 Å². The molecule has 2 unspecified atom stereocenters. The summed E-state index contributed by atoms with van der Waals surface area (Å²) in [6.45, 7) is 1.78. The Morgan fingerprint density at radius 3 is 2.50 bits per heavy atom. The molecule has 6 nitrogen and oxygen atoms in total. The fraction of sp³-hybridized carbons (Fsp3) is 0.100. The van der Waals surface area contributed by atoms with E-state index in [0.29, 0.717) is 11.3 Å². The van der Waals surface area contributed by atoms with Crippen LogP contribution in [-0.2, 0) is 4.79 Å². The van der Waals surface area contributed by atoms with Gasteiger partial charge >= 0.3 is 0 Å². The summed E-state index contributed by atoms with van der Waals surface area (Å²) >= 11 is 0. The van der Waals surface area contributed by atoms with Gasteiger partial charge in [-0.15, -0.1) is 0 Å². The first-order valence-corrected chi connectivity index (χ1v) is 11.9. The number of carbonyl (C=O) groups is 2. The molecule has 3 aromatic carbocycles. The molecule has 2 aromatic heterocycles. The Balaban J connectivity index is 1.52. The van der Waals surface area contributed by atoms with E-state index in [2.05, 4.69) is 33.5 Å². The van der Waals surface area contributed by atoms with Crippen LogP contribution in [0.3, 0.4) is 0 Å². The second-order valence-electron chi connectivity index (χ2n) is 8.93. The summed E-state index contributed by atoms with van der Waals surface area (Å²) in [6, 6.07) is 28.2. The first-order chi connectivity index (χ1) is 17.6. The van der Waals surface area contributed by atoms with Crippen LogP contribution in [0.4, 0.5) is 5.69 Å². The van der Waals surface area contributed by atoms with E-state index in [0.717, 1.165) is 33.3 Å². The molecule has 3 heterocycles. The fourth-order valence-electron chi connectivity index (χ4n) is 5.12. The van der Waals surface area contributed by atoms with Gasteiger partial charge < -0.3 is 15.2 Å². The Labute approximate surface area is 208 Å². The van der Waals surface area contributed by atoms with Crippen molar-refractivity contribution >= 4 is 28.4 Å². The van der Waals surface area contributed by atoms with Gasteiger partial charge in [0.15, 0.2) is 0 Å². The van der Waals surface area contributed by atoms with Gasteiger partial charge in [0.2, 0.25) is 5.91 Å². The average molecular weight is 473 g/mol. The number of amides is 2. The predicted molar refractivity (Wildman–Crippen MR) is 141 cm³/mol. The lowest BCUT2D eigenvalue weighted by Crippen LogP contribution is -2.44. The van der Waals surface area contributed by atoms with Crippen molar-refractivity contribution in [1.29, 1.82) is 0 Å². The zero-order chi connectivity index (χ0) is 24.6. The number of para-hydroxylation sites is 1. The summed E-state index contributed by atoms with van der Waals surface area (Å²) in [5, 5.41) is 3.94. The summed E-state index contributed by atoms with van der Waals surface area (Å²) in [4.78, 5) is 36.6. The minimum Gasteiger partial charge on any atom is -0.354 e. The first kappa shape index (κ1) is 21.8. The van der Waals surface area contributed by atoms with Crippen molar-refractivity contribution in [3.05, 3.63) is 120 Å². The van der Waals surface area contributed by atoms with Crippen LogP contribution in [0.1, 0.15) is 34.5 Å². The number of fused-ring (bicyclic) bond motifs is 2. The molecule has 2 atom stereocenters. The summed E-state index contributed by atoms with van der Waals surface area (Å²) in [5.74, 6) is -0.427. The summed E-state index contributed by atoms with van der Waals surface area (Å²) in [5.41, 5.74) is 6.03. The Hall–Kier alpha value is -4.71. The standard InChI is InChI=1S/C30H24N4O2/c1-19(29(35)32-21-12-9-17-31-18-21)34-28(22-13-5-6-14-23(22)30(34)36)26-24-15-7-8-16-25(24)33-27(26)20-10-3-2-4-11-20/h2-19,28,33H,1H3,(H,32,35). The molecule has 0 aliphatic carbocycles. The van der Waals surface area contributed by atoms with Gasteiger partial charge in [0.05, 0.1) is 23.6 Å². The van der Waals surface area contributed by atoms with Crippen LogP contribution in [0, 0.1) is 0 Å². The maximum Gasteiger partial charge on any atom is 0.255 e. The molecule has 6 rings (SSSR count). The lowest BCUT2D eigenvalue weighted by molar-refractivity contribution is -0.120. The third-order valence-corrected chi connectivity index (χ3v) is 6.81. The fourth-order valence-corrected chi connectivity index (χ4v) is 5.12. The van der Waals surface area contributed by atoms with Gasteiger partial charge in [-0.2, -0.15) is 0 Å². The number of nitrogens with one attached hydrogen (secondary N) is 2. The first-order valence-electron chi connectivity index (χ1n) is 11.9. The van der Waals surface area contributed by atoms with Crippen LogP contribution < -0.4 is 5.32 Å². The van der Waals surface area contributed by atoms with Crippen molar-refractivity contribution in [2.45, 2.75) is 19.0 Å². The number of anilines is 1. The third kappa shape index (κ3) is 3.55. The molecule has 2 N–H and O–H groups in total. The van der Waals surface area contributed by atoms with Crippen molar-refractivity contribution in [3.63, 3.8) is 0 Å². The van der Waals surface area contributed by atoms with Gasteiger partial charge in [0.1, 0.15) is 6.04 Å². The van der Waals surface area contributed by atoms with Crippen molar-refractivity contribution in [2.75, 3.05) is 5.32 Å². The maximum atomic E-state index is 13.8.